The van der Waals surface area contributed by atoms with E-state index >= 15 is 0 Å². The molecule has 0 fully saturated rings. The largest absolute Gasteiger partial charge is 0.454 e. The Balaban J connectivity index is 1.57. The third kappa shape index (κ3) is 3.94. The van der Waals surface area contributed by atoms with Crippen LogP contribution in [0.3, 0.4) is 0 Å². The van der Waals surface area contributed by atoms with Crippen LogP contribution in [0.1, 0.15) is 28.0 Å². The monoisotopic (exact) mass is 342 g/mol. The van der Waals surface area contributed by atoms with Gasteiger partial charge in [0.15, 0.2) is 12.4 Å². The van der Waals surface area contributed by atoms with Gasteiger partial charge in [-0.1, -0.05) is 0 Å². The van der Waals surface area contributed by atoms with Gasteiger partial charge in [0.05, 0.1) is 11.2 Å². The minimum absolute atomic E-state index is 0.0256. The normalized spacial score (nSPS) is 13.4. The molecule has 0 aliphatic carbocycles. The van der Waals surface area contributed by atoms with Crippen molar-refractivity contribution < 1.29 is 19.1 Å². The van der Waals surface area contributed by atoms with E-state index in [1.165, 1.54) is 23.5 Å². The first kappa shape index (κ1) is 16.1. The average molecular weight is 342 g/mol. The van der Waals surface area contributed by atoms with Gasteiger partial charge >= 0.3 is 5.97 Å². The molecule has 7 heteroatoms. The Hall–Kier alpha value is -2.80. The Morgan fingerprint density at radius 2 is 2.21 bits per heavy atom. The molecule has 0 spiro atoms. The summed E-state index contributed by atoms with van der Waals surface area (Å²) in [6, 6.07) is 5.05. The quantitative estimate of drug-likeness (QED) is 0.512. The van der Waals surface area contributed by atoms with Crippen LogP contribution >= 0.6 is 11.3 Å². The van der Waals surface area contributed by atoms with E-state index in [1.54, 1.807) is 29.1 Å². The molecule has 6 nitrogen and oxygen atoms in total. The molecule has 2 aromatic rings. The van der Waals surface area contributed by atoms with Gasteiger partial charge < -0.3 is 10.1 Å². The van der Waals surface area contributed by atoms with Crippen LogP contribution in [0.25, 0.3) is 6.08 Å². The van der Waals surface area contributed by atoms with Gasteiger partial charge in [-0.15, -0.1) is 11.3 Å². The van der Waals surface area contributed by atoms with Gasteiger partial charge in [0.1, 0.15) is 0 Å². The van der Waals surface area contributed by atoms with Crippen LogP contribution in [-0.4, -0.2) is 29.3 Å². The highest BCUT2D eigenvalue weighted by Crippen LogP contribution is 2.23. The summed E-state index contributed by atoms with van der Waals surface area (Å²) in [5.41, 5.74) is 4.43. The van der Waals surface area contributed by atoms with Crippen molar-refractivity contribution in [3.63, 3.8) is 0 Å². The summed E-state index contributed by atoms with van der Waals surface area (Å²) < 4.78 is 4.95. The van der Waals surface area contributed by atoms with Crippen molar-refractivity contribution in [2.45, 2.75) is 12.8 Å². The van der Waals surface area contributed by atoms with Crippen molar-refractivity contribution >= 4 is 40.8 Å². The Bertz CT molecular complexity index is 812. The number of benzene rings is 1. The second kappa shape index (κ2) is 7.18. The number of anilines is 1. The van der Waals surface area contributed by atoms with Crippen LogP contribution < -0.4 is 5.32 Å². The fraction of sp³-hybridized carbons (Fsp3) is 0.176. The maximum absolute atomic E-state index is 12.1. The molecular formula is C17H14N2O4S. The van der Waals surface area contributed by atoms with Gasteiger partial charge in [0.25, 0.3) is 0 Å². The summed E-state index contributed by atoms with van der Waals surface area (Å²) >= 11 is 1.42. The van der Waals surface area contributed by atoms with Crippen molar-refractivity contribution in [2.75, 3.05) is 11.9 Å². The van der Waals surface area contributed by atoms with Gasteiger partial charge in [0.2, 0.25) is 5.91 Å². The molecule has 0 radical (unpaired) electrons. The number of rotatable bonds is 5. The molecule has 1 aliphatic rings. The summed E-state index contributed by atoms with van der Waals surface area (Å²) in [7, 11) is 0. The summed E-state index contributed by atoms with van der Waals surface area (Å²) in [5, 5.41) is 4.55. The van der Waals surface area contributed by atoms with Crippen molar-refractivity contribution in [3.8, 4) is 0 Å². The molecule has 0 bridgehead atoms. The van der Waals surface area contributed by atoms with E-state index in [0.29, 0.717) is 24.1 Å². The number of amides is 1. The molecule has 0 saturated heterocycles. The van der Waals surface area contributed by atoms with Crippen LogP contribution in [0.5, 0.6) is 0 Å². The van der Waals surface area contributed by atoms with E-state index in [1.807, 2.05) is 0 Å². The third-order valence-corrected chi connectivity index (χ3v) is 4.11. The number of carbonyl (C=O) groups is 3. The van der Waals surface area contributed by atoms with Gasteiger partial charge in [0, 0.05) is 29.1 Å². The molecule has 3 rings (SSSR count). The first-order valence-corrected chi connectivity index (χ1v) is 8.25. The fourth-order valence-electron chi connectivity index (χ4n) is 2.28. The second-order valence-corrected chi connectivity index (χ2v) is 5.92. The Labute approximate surface area is 142 Å². The predicted octanol–water partition coefficient (Wildman–Crippen LogP) is 2.47. The number of ether oxygens (including phenoxy) is 1. The average Bonchev–Trinajstić information content (AvgIpc) is 3.11. The fourth-order valence-corrected chi connectivity index (χ4v) is 2.80. The molecule has 1 aromatic carbocycles. The van der Waals surface area contributed by atoms with Crippen LogP contribution in [0.4, 0.5) is 5.69 Å². The summed E-state index contributed by atoms with van der Waals surface area (Å²) in [6.07, 6.45) is 3.77. The van der Waals surface area contributed by atoms with Gasteiger partial charge in [-0.3, -0.25) is 9.59 Å². The summed E-state index contributed by atoms with van der Waals surface area (Å²) in [5.74, 6) is -0.908. The number of carbonyl (C=O) groups excluding carboxylic acids is 3. The molecule has 0 unspecified atom stereocenters. The van der Waals surface area contributed by atoms with Crippen LogP contribution in [0.15, 0.2) is 35.2 Å². The first-order valence-electron chi connectivity index (χ1n) is 7.31. The Morgan fingerprint density at radius 3 is 3.00 bits per heavy atom. The minimum atomic E-state index is -0.596. The topological polar surface area (TPSA) is 85.4 Å². The van der Waals surface area contributed by atoms with Crippen molar-refractivity contribution in [2.24, 2.45) is 0 Å². The Morgan fingerprint density at radius 1 is 1.33 bits per heavy atom. The number of aryl methyl sites for hydroxylation is 1. The minimum Gasteiger partial charge on any atom is -0.454 e. The number of hydrogen-bond acceptors (Lipinski definition) is 6. The zero-order chi connectivity index (χ0) is 16.9. The molecule has 1 aliphatic heterocycles. The van der Waals surface area contributed by atoms with E-state index in [4.69, 9.17) is 4.74 Å². The molecule has 2 heterocycles. The zero-order valence-corrected chi connectivity index (χ0v) is 13.5. The highest BCUT2D eigenvalue weighted by Gasteiger charge is 2.17. The number of nitrogens with one attached hydrogen (secondary N) is 1. The lowest BCUT2D eigenvalue weighted by Gasteiger charge is -2.17. The smallest absolute Gasteiger partial charge is 0.331 e. The second-order valence-electron chi connectivity index (χ2n) is 5.20. The number of aromatic nitrogens is 1. The standard InChI is InChI=1S/C17H14N2O4S/c20-15(8-23-17(22)6-3-13-9-24-10-18-13)12-1-4-14-11(7-12)2-5-16(21)19-14/h1,3-4,6-7,9-10H,2,5,8H2,(H,19,21). The first-order chi connectivity index (χ1) is 11.6. The summed E-state index contributed by atoms with van der Waals surface area (Å²) in [6.45, 7) is -0.328. The van der Waals surface area contributed by atoms with Gasteiger partial charge in [-0.2, -0.15) is 0 Å². The van der Waals surface area contributed by atoms with Crippen molar-refractivity contribution in [1.82, 2.24) is 4.98 Å². The van der Waals surface area contributed by atoms with Crippen molar-refractivity contribution in [3.05, 3.63) is 52.0 Å². The number of Topliss-reactive ketones (excluding diaryl/α,β-unsaturated/α-hetero) is 1. The molecule has 1 aromatic heterocycles. The van der Waals surface area contributed by atoms with E-state index < -0.39 is 5.97 Å². The predicted molar refractivity (Wildman–Crippen MR) is 89.8 cm³/mol. The number of esters is 1. The number of fused-ring (bicyclic) bond motifs is 1. The molecule has 0 atom stereocenters. The van der Waals surface area contributed by atoms with E-state index in [9.17, 15) is 14.4 Å². The maximum atomic E-state index is 12.1. The molecule has 1 N–H and O–H groups in total. The Kier molecular flexibility index (Phi) is 4.81. The highest BCUT2D eigenvalue weighted by molar-refractivity contribution is 7.07. The molecular weight excluding hydrogens is 328 g/mol. The van der Waals surface area contributed by atoms with Crippen molar-refractivity contribution in [1.29, 1.82) is 0 Å². The lowest BCUT2D eigenvalue weighted by atomic mass is 9.99. The lowest BCUT2D eigenvalue weighted by Crippen LogP contribution is -2.20. The molecule has 122 valence electrons. The van der Waals surface area contributed by atoms with E-state index in [-0.39, 0.29) is 18.3 Å². The highest BCUT2D eigenvalue weighted by atomic mass is 32.1. The molecule has 24 heavy (non-hydrogen) atoms. The SMILES string of the molecule is O=C1CCc2cc(C(=O)COC(=O)C=Cc3cscn3)ccc2N1. The maximum Gasteiger partial charge on any atom is 0.331 e. The number of thiazole rings is 1. The van der Waals surface area contributed by atoms with Crippen LogP contribution in [0, 0.1) is 0 Å². The van der Waals surface area contributed by atoms with Crippen LogP contribution in [-0.2, 0) is 20.7 Å². The number of ketones is 1. The summed E-state index contributed by atoms with van der Waals surface area (Å²) in [4.78, 5) is 39.1. The van der Waals surface area contributed by atoms with E-state index in [2.05, 4.69) is 10.3 Å². The molecule has 1 amide bonds. The number of hydrogen-bond donors (Lipinski definition) is 1. The van der Waals surface area contributed by atoms with Crippen LogP contribution in [0.2, 0.25) is 0 Å². The van der Waals surface area contributed by atoms with Gasteiger partial charge in [-0.05, 0) is 36.3 Å². The zero-order valence-electron chi connectivity index (χ0n) is 12.7. The number of nitrogens with zero attached hydrogens (tertiary/aromatic N) is 1. The molecule has 0 saturated carbocycles. The third-order valence-electron chi connectivity index (χ3n) is 3.51. The van der Waals surface area contributed by atoms with E-state index in [0.717, 1.165) is 11.3 Å². The van der Waals surface area contributed by atoms with Gasteiger partial charge in [-0.25, -0.2) is 9.78 Å². The lowest BCUT2D eigenvalue weighted by molar-refractivity contribution is -0.136.